The maximum absolute atomic E-state index is 14.4. The Bertz CT molecular complexity index is 1050. The third-order valence-corrected chi connectivity index (χ3v) is 7.43. The Morgan fingerprint density at radius 1 is 1.13 bits per heavy atom. The predicted octanol–water partition coefficient (Wildman–Crippen LogP) is 5.10. The normalized spacial score (nSPS) is 14.1. The van der Waals surface area contributed by atoms with Gasteiger partial charge in [-0.25, -0.2) is 4.39 Å². The number of ether oxygens (including phenoxy) is 3. The summed E-state index contributed by atoms with van der Waals surface area (Å²) in [7, 11) is 3.26. The highest BCUT2D eigenvalue weighted by Crippen LogP contribution is 2.32. The van der Waals surface area contributed by atoms with Gasteiger partial charge >= 0.3 is 0 Å². The van der Waals surface area contributed by atoms with Gasteiger partial charge in [0.05, 0.1) is 31.8 Å². The van der Waals surface area contributed by atoms with E-state index < -0.39 is 29.3 Å². The van der Waals surface area contributed by atoms with Crippen molar-refractivity contribution in [2.24, 2.45) is 17.6 Å². The van der Waals surface area contributed by atoms with Crippen molar-refractivity contribution >= 4 is 17.7 Å². The molecule has 0 spiro atoms. The summed E-state index contributed by atoms with van der Waals surface area (Å²) in [6.45, 7) is 8.40. The Morgan fingerprint density at radius 2 is 1.82 bits per heavy atom. The van der Waals surface area contributed by atoms with Gasteiger partial charge in [0.1, 0.15) is 5.82 Å². The molecule has 3 unspecified atom stereocenters. The van der Waals surface area contributed by atoms with Crippen LogP contribution < -0.4 is 15.2 Å². The number of methoxy groups -OCH3 is 2. The van der Waals surface area contributed by atoms with Gasteiger partial charge in [-0.3, -0.25) is 9.21 Å². The summed E-state index contributed by atoms with van der Waals surface area (Å²) in [6.07, 6.45) is 0.952. The monoisotopic (exact) mass is 566 g/mol. The van der Waals surface area contributed by atoms with Crippen LogP contribution in [0.1, 0.15) is 51.7 Å². The minimum absolute atomic E-state index is 0.152. The molecule has 7 nitrogen and oxygen atoms in total. The number of aliphatic hydroxyl groups is 1. The molecule has 2 aromatic carbocycles. The van der Waals surface area contributed by atoms with Crippen LogP contribution in [0, 0.1) is 17.7 Å². The van der Waals surface area contributed by atoms with Gasteiger partial charge in [0, 0.05) is 43.5 Å². The average Bonchev–Trinajstić information content (AvgIpc) is 2.90. The van der Waals surface area contributed by atoms with Crippen LogP contribution >= 0.6 is 11.8 Å². The van der Waals surface area contributed by atoms with Crippen LogP contribution in [0.3, 0.4) is 0 Å². The number of benzene rings is 2. The van der Waals surface area contributed by atoms with Gasteiger partial charge in [-0.05, 0) is 62.3 Å². The van der Waals surface area contributed by atoms with Crippen molar-refractivity contribution in [2.45, 2.75) is 64.5 Å². The van der Waals surface area contributed by atoms with Gasteiger partial charge in [0.25, 0.3) is 0 Å². The molecule has 0 bridgehead atoms. The van der Waals surface area contributed by atoms with E-state index in [2.05, 4.69) is 13.8 Å². The van der Waals surface area contributed by atoms with E-state index in [1.807, 2.05) is 18.2 Å². The van der Waals surface area contributed by atoms with Crippen LogP contribution in [0.5, 0.6) is 11.5 Å². The van der Waals surface area contributed by atoms with Crippen molar-refractivity contribution in [3.05, 3.63) is 59.4 Å². The molecule has 0 radical (unpaired) electrons. The predicted molar refractivity (Wildman–Crippen MR) is 153 cm³/mol. The van der Waals surface area contributed by atoms with Crippen molar-refractivity contribution in [2.75, 3.05) is 34.0 Å². The SMILES string of the molecule is COCCCOc1cc(CC(CC(N)C(O)CN(Cl)C(=O)C(C)(C)c2ccccc2F)C(C)C)ccc1OC. The van der Waals surface area contributed by atoms with E-state index in [4.69, 9.17) is 31.7 Å². The minimum atomic E-state index is -1.21. The molecule has 0 aliphatic heterocycles. The first-order chi connectivity index (χ1) is 18.4. The van der Waals surface area contributed by atoms with Crippen molar-refractivity contribution in [3.63, 3.8) is 0 Å². The molecule has 0 fully saturated rings. The fraction of sp³-hybridized carbons (Fsp3) is 0.567. The molecule has 3 N–H and O–H groups in total. The van der Waals surface area contributed by atoms with Crippen molar-refractivity contribution in [3.8, 4) is 11.5 Å². The fourth-order valence-electron chi connectivity index (χ4n) is 4.52. The Balaban J connectivity index is 2.04. The minimum Gasteiger partial charge on any atom is -0.493 e. The lowest BCUT2D eigenvalue weighted by Crippen LogP contribution is -2.47. The molecule has 9 heteroatoms. The van der Waals surface area contributed by atoms with E-state index >= 15 is 0 Å². The van der Waals surface area contributed by atoms with Crippen molar-refractivity contribution in [1.29, 1.82) is 0 Å². The van der Waals surface area contributed by atoms with Gasteiger partial charge in [-0.2, -0.15) is 0 Å². The van der Waals surface area contributed by atoms with Crippen LogP contribution in [0.15, 0.2) is 42.5 Å². The first-order valence-corrected chi connectivity index (χ1v) is 13.7. The van der Waals surface area contributed by atoms with Gasteiger partial charge in [-0.1, -0.05) is 38.1 Å². The lowest BCUT2D eigenvalue weighted by atomic mass is 9.82. The number of halogens is 2. The maximum Gasteiger partial charge on any atom is 0.247 e. The smallest absolute Gasteiger partial charge is 0.247 e. The summed E-state index contributed by atoms with van der Waals surface area (Å²) in [5, 5.41) is 10.9. The summed E-state index contributed by atoms with van der Waals surface area (Å²) in [6, 6.07) is 11.3. The summed E-state index contributed by atoms with van der Waals surface area (Å²) in [5.41, 5.74) is 6.50. The van der Waals surface area contributed by atoms with Crippen LogP contribution in [0.2, 0.25) is 0 Å². The molecule has 0 aromatic heterocycles. The highest BCUT2D eigenvalue weighted by Gasteiger charge is 2.37. The zero-order chi connectivity index (χ0) is 29.2. The zero-order valence-electron chi connectivity index (χ0n) is 24.0. The zero-order valence-corrected chi connectivity index (χ0v) is 24.7. The number of rotatable bonds is 16. The number of hydrogen-bond donors (Lipinski definition) is 2. The van der Waals surface area contributed by atoms with Gasteiger partial charge in [0.2, 0.25) is 5.91 Å². The number of aliphatic hydroxyl groups excluding tert-OH is 1. The van der Waals surface area contributed by atoms with E-state index in [1.54, 1.807) is 46.3 Å². The summed E-state index contributed by atoms with van der Waals surface area (Å²) < 4.78 is 31.7. The molecule has 2 rings (SSSR count). The molecule has 0 aliphatic carbocycles. The highest BCUT2D eigenvalue weighted by molar-refractivity contribution is 6.22. The molecule has 2 aromatic rings. The molecular weight excluding hydrogens is 523 g/mol. The van der Waals surface area contributed by atoms with Crippen molar-refractivity contribution in [1.82, 2.24) is 4.42 Å². The Morgan fingerprint density at radius 3 is 2.44 bits per heavy atom. The van der Waals surface area contributed by atoms with Crippen LogP contribution in [0.4, 0.5) is 4.39 Å². The molecule has 39 heavy (non-hydrogen) atoms. The first-order valence-electron chi connectivity index (χ1n) is 13.4. The lowest BCUT2D eigenvalue weighted by molar-refractivity contribution is -0.132. The van der Waals surface area contributed by atoms with Crippen LogP contribution in [-0.4, -0.2) is 61.6 Å². The number of carbonyl (C=O) groups excluding carboxylic acids is 1. The van der Waals surface area contributed by atoms with E-state index in [0.29, 0.717) is 31.1 Å². The second-order valence-corrected chi connectivity index (χ2v) is 11.2. The molecule has 0 heterocycles. The number of nitrogens with zero attached hydrogens (tertiary/aromatic N) is 1. The number of amides is 1. The Kier molecular flexibility index (Phi) is 13.0. The Labute approximate surface area is 237 Å². The quantitative estimate of drug-likeness (QED) is 0.217. The van der Waals surface area contributed by atoms with Crippen LogP contribution in [-0.2, 0) is 21.4 Å². The van der Waals surface area contributed by atoms with Gasteiger partial charge in [0.15, 0.2) is 11.5 Å². The topological polar surface area (TPSA) is 94.3 Å². The molecule has 0 saturated carbocycles. The Hall–Kier alpha value is -2.39. The molecule has 0 aliphatic rings. The molecule has 0 saturated heterocycles. The summed E-state index contributed by atoms with van der Waals surface area (Å²) in [5.74, 6) is 0.766. The van der Waals surface area contributed by atoms with Gasteiger partial charge in [-0.15, -0.1) is 0 Å². The second-order valence-electron chi connectivity index (χ2n) is 10.8. The number of carbonyl (C=O) groups is 1. The summed E-state index contributed by atoms with van der Waals surface area (Å²) >= 11 is 6.31. The molecular formula is C30H44ClFN2O5. The third-order valence-electron chi connectivity index (χ3n) is 7.14. The van der Waals surface area contributed by atoms with E-state index in [1.165, 1.54) is 6.07 Å². The van der Waals surface area contributed by atoms with Crippen molar-refractivity contribution < 1.29 is 28.5 Å². The highest BCUT2D eigenvalue weighted by atomic mass is 35.5. The average molecular weight is 567 g/mol. The van der Waals surface area contributed by atoms with E-state index in [0.717, 1.165) is 22.8 Å². The number of hydrogen-bond acceptors (Lipinski definition) is 6. The lowest BCUT2D eigenvalue weighted by Gasteiger charge is -2.32. The van der Waals surface area contributed by atoms with Gasteiger partial charge < -0.3 is 25.1 Å². The second kappa shape index (κ2) is 15.4. The number of nitrogens with two attached hydrogens (primary N) is 1. The van der Waals surface area contributed by atoms with E-state index in [-0.39, 0.29) is 23.9 Å². The standard InChI is InChI=1S/C30H44ClFN2O5/c1-20(2)22(16-21-12-13-27(38-6)28(17-21)39-15-9-14-37-5)18-25(33)26(35)19-34(31)29(36)30(3,4)23-10-7-8-11-24(23)32/h7-8,10-13,17,20,22,25-26,35H,9,14-16,18-19,33H2,1-6H3. The maximum atomic E-state index is 14.4. The van der Waals surface area contributed by atoms with Crippen LogP contribution in [0.25, 0.3) is 0 Å². The van der Waals surface area contributed by atoms with E-state index in [9.17, 15) is 14.3 Å². The molecule has 3 atom stereocenters. The fourth-order valence-corrected chi connectivity index (χ4v) is 4.87. The molecule has 218 valence electrons. The summed E-state index contributed by atoms with van der Waals surface area (Å²) in [4.78, 5) is 13.1. The third kappa shape index (κ3) is 9.34. The largest absolute Gasteiger partial charge is 0.493 e. The first kappa shape index (κ1) is 32.8. The molecule has 1 amide bonds.